The third kappa shape index (κ3) is 7.49. The summed E-state index contributed by atoms with van der Waals surface area (Å²) in [6, 6.07) is 0.639. The van der Waals surface area contributed by atoms with Crippen LogP contribution in [0.2, 0.25) is 0 Å². The van der Waals surface area contributed by atoms with E-state index in [1.54, 1.807) is 0 Å². The van der Waals surface area contributed by atoms with E-state index < -0.39 is 0 Å². The number of rotatable bonds is 9. The molecule has 0 unspecified atom stereocenters. The van der Waals surface area contributed by atoms with Crippen LogP contribution in [0.1, 0.15) is 59.3 Å². The Labute approximate surface area is 154 Å². The van der Waals surface area contributed by atoms with Gasteiger partial charge in [0.15, 0.2) is 5.96 Å². The molecule has 0 spiro atoms. The van der Waals surface area contributed by atoms with Gasteiger partial charge in [0.25, 0.3) is 0 Å². The summed E-state index contributed by atoms with van der Waals surface area (Å²) in [5.74, 6) is 0.965. The van der Waals surface area contributed by atoms with Gasteiger partial charge in [-0.2, -0.15) is 0 Å². The van der Waals surface area contributed by atoms with Crippen molar-refractivity contribution in [3.63, 3.8) is 0 Å². The van der Waals surface area contributed by atoms with E-state index in [0.29, 0.717) is 11.5 Å². The number of hydrogen-bond acceptors (Lipinski definition) is 2. The van der Waals surface area contributed by atoms with Crippen LogP contribution >= 0.6 is 24.0 Å². The Kier molecular flexibility index (Phi) is 11.5. The topological polar surface area (TPSA) is 39.7 Å². The summed E-state index contributed by atoms with van der Waals surface area (Å²) in [5.41, 5.74) is 0.539. The molecule has 0 aromatic heterocycles. The highest BCUT2D eigenvalue weighted by Crippen LogP contribution is 2.42. The van der Waals surface area contributed by atoms with Gasteiger partial charge < -0.3 is 15.5 Å². The molecule has 0 bridgehead atoms. The van der Waals surface area contributed by atoms with Crippen molar-refractivity contribution < 1.29 is 0 Å². The minimum absolute atomic E-state index is 0. The molecule has 1 aliphatic rings. The van der Waals surface area contributed by atoms with Crippen LogP contribution in [0.5, 0.6) is 0 Å². The third-order valence-electron chi connectivity index (χ3n) is 5.13. The second-order valence-corrected chi connectivity index (χ2v) is 6.84. The molecule has 1 rings (SSSR count). The van der Waals surface area contributed by atoms with Crippen LogP contribution in [0.25, 0.3) is 0 Å². The molecule has 0 atom stereocenters. The Hall–Kier alpha value is -0.0400. The molecule has 0 saturated heterocycles. The number of nitrogens with zero attached hydrogens (tertiary/aromatic N) is 2. The summed E-state index contributed by atoms with van der Waals surface area (Å²) in [6.45, 7) is 10.0. The fraction of sp³-hybridized carbons (Fsp3) is 0.941. The Morgan fingerprint density at radius 3 is 2.36 bits per heavy atom. The highest BCUT2D eigenvalue weighted by Gasteiger charge is 2.34. The lowest BCUT2D eigenvalue weighted by molar-refractivity contribution is 0.131. The number of nitrogens with one attached hydrogen (secondary N) is 2. The summed E-state index contributed by atoms with van der Waals surface area (Å²) < 4.78 is 0. The Morgan fingerprint density at radius 2 is 1.91 bits per heavy atom. The van der Waals surface area contributed by atoms with E-state index in [1.165, 1.54) is 45.1 Å². The molecular weight excluding hydrogens is 387 g/mol. The van der Waals surface area contributed by atoms with Crippen molar-refractivity contribution in [3.8, 4) is 0 Å². The van der Waals surface area contributed by atoms with Crippen LogP contribution < -0.4 is 10.6 Å². The van der Waals surface area contributed by atoms with Crippen molar-refractivity contribution >= 4 is 29.9 Å². The number of aliphatic imine (C=N–C) groups is 1. The van der Waals surface area contributed by atoms with E-state index in [-0.39, 0.29) is 24.0 Å². The van der Waals surface area contributed by atoms with Gasteiger partial charge in [-0.05, 0) is 65.0 Å². The highest BCUT2D eigenvalue weighted by atomic mass is 127. The fourth-order valence-electron chi connectivity index (χ4n) is 2.78. The molecule has 5 heteroatoms. The predicted molar refractivity (Wildman–Crippen MR) is 108 cm³/mol. The molecule has 1 aliphatic carbocycles. The van der Waals surface area contributed by atoms with Crippen molar-refractivity contribution in [1.82, 2.24) is 15.5 Å². The van der Waals surface area contributed by atoms with Gasteiger partial charge >= 0.3 is 0 Å². The lowest BCUT2D eigenvalue weighted by Gasteiger charge is -2.41. The van der Waals surface area contributed by atoms with E-state index in [4.69, 9.17) is 0 Å². The smallest absolute Gasteiger partial charge is 0.190 e. The van der Waals surface area contributed by atoms with Gasteiger partial charge in [0.2, 0.25) is 0 Å². The average molecular weight is 424 g/mol. The average Bonchev–Trinajstić information content (AvgIpc) is 2.43. The van der Waals surface area contributed by atoms with Crippen molar-refractivity contribution in [1.29, 1.82) is 0 Å². The van der Waals surface area contributed by atoms with E-state index in [9.17, 15) is 0 Å². The van der Waals surface area contributed by atoms with Crippen molar-refractivity contribution in [2.75, 3.05) is 33.7 Å². The largest absolute Gasteiger partial charge is 0.356 e. The summed E-state index contributed by atoms with van der Waals surface area (Å²) in [6.07, 6.45) is 7.84. The van der Waals surface area contributed by atoms with Gasteiger partial charge in [-0.3, -0.25) is 4.99 Å². The van der Waals surface area contributed by atoms with Crippen molar-refractivity contribution in [2.24, 2.45) is 10.4 Å². The molecule has 0 aromatic rings. The minimum Gasteiger partial charge on any atom is -0.356 e. The molecular formula is C17H37IN4. The lowest BCUT2D eigenvalue weighted by Crippen LogP contribution is -2.46. The highest BCUT2D eigenvalue weighted by molar-refractivity contribution is 14.0. The maximum atomic E-state index is 4.33. The SMILES string of the molecule is CCC1(CNC(=NC)NCCCCN(C)C(C)C)CCC1.I. The Balaban J connectivity index is 0.00000441. The fourth-order valence-corrected chi connectivity index (χ4v) is 2.78. The number of unbranched alkanes of at least 4 members (excludes halogenated alkanes) is 1. The molecule has 4 nitrogen and oxygen atoms in total. The van der Waals surface area contributed by atoms with Gasteiger partial charge in [0.05, 0.1) is 0 Å². The minimum atomic E-state index is 0. The first-order chi connectivity index (χ1) is 10.0. The van der Waals surface area contributed by atoms with Crippen LogP contribution in [0, 0.1) is 5.41 Å². The van der Waals surface area contributed by atoms with Gasteiger partial charge in [-0.1, -0.05) is 13.3 Å². The number of hydrogen-bond donors (Lipinski definition) is 2. The van der Waals surface area contributed by atoms with Crippen LogP contribution in [0.15, 0.2) is 4.99 Å². The summed E-state index contributed by atoms with van der Waals surface area (Å²) >= 11 is 0. The maximum Gasteiger partial charge on any atom is 0.190 e. The molecule has 132 valence electrons. The molecule has 22 heavy (non-hydrogen) atoms. The van der Waals surface area contributed by atoms with Crippen molar-refractivity contribution in [2.45, 2.75) is 65.3 Å². The Morgan fingerprint density at radius 1 is 1.23 bits per heavy atom. The molecule has 1 saturated carbocycles. The maximum absolute atomic E-state index is 4.33. The van der Waals surface area contributed by atoms with Crippen LogP contribution in [0.3, 0.4) is 0 Å². The van der Waals surface area contributed by atoms with Crippen LogP contribution in [0.4, 0.5) is 0 Å². The second-order valence-electron chi connectivity index (χ2n) is 6.84. The van der Waals surface area contributed by atoms with E-state index in [2.05, 4.69) is 48.3 Å². The summed E-state index contributed by atoms with van der Waals surface area (Å²) in [7, 11) is 4.06. The van der Waals surface area contributed by atoms with Gasteiger partial charge in [0.1, 0.15) is 0 Å². The monoisotopic (exact) mass is 424 g/mol. The molecule has 0 aliphatic heterocycles. The molecule has 0 radical (unpaired) electrons. The molecule has 0 aromatic carbocycles. The normalized spacial score (nSPS) is 17.1. The Bertz CT molecular complexity index is 308. The van der Waals surface area contributed by atoms with Crippen LogP contribution in [-0.4, -0.2) is 50.6 Å². The standard InChI is InChI=1S/C17H36N4.HI/c1-6-17(10-9-11-17)14-20-16(18-4)19-12-7-8-13-21(5)15(2)3;/h15H,6-14H2,1-5H3,(H2,18,19,20);1H. The summed E-state index contributed by atoms with van der Waals surface area (Å²) in [5, 5.41) is 6.95. The van der Waals surface area contributed by atoms with Gasteiger partial charge in [-0.25, -0.2) is 0 Å². The zero-order valence-corrected chi connectivity index (χ0v) is 17.6. The molecule has 0 heterocycles. The predicted octanol–water partition coefficient (Wildman–Crippen LogP) is 3.47. The van der Waals surface area contributed by atoms with E-state index in [0.717, 1.165) is 19.0 Å². The first kappa shape index (κ1) is 22.0. The first-order valence-electron chi connectivity index (χ1n) is 8.68. The first-order valence-corrected chi connectivity index (χ1v) is 8.68. The second kappa shape index (κ2) is 11.5. The van der Waals surface area contributed by atoms with Crippen molar-refractivity contribution in [3.05, 3.63) is 0 Å². The number of halogens is 1. The third-order valence-corrected chi connectivity index (χ3v) is 5.13. The van der Waals surface area contributed by atoms with E-state index in [1.807, 2.05) is 7.05 Å². The summed E-state index contributed by atoms with van der Waals surface area (Å²) in [4.78, 5) is 6.73. The van der Waals surface area contributed by atoms with Gasteiger partial charge in [0, 0.05) is 26.2 Å². The van der Waals surface area contributed by atoms with Gasteiger partial charge in [-0.15, -0.1) is 24.0 Å². The quantitative estimate of drug-likeness (QED) is 0.258. The zero-order valence-electron chi connectivity index (χ0n) is 15.2. The molecule has 0 amide bonds. The molecule has 2 N–H and O–H groups in total. The lowest BCUT2D eigenvalue weighted by atomic mass is 9.67. The number of guanidine groups is 1. The van der Waals surface area contributed by atoms with Crippen LogP contribution in [-0.2, 0) is 0 Å². The molecule has 1 fully saturated rings. The van der Waals surface area contributed by atoms with E-state index >= 15 is 0 Å². The zero-order chi connectivity index (χ0) is 15.7.